The second-order valence-electron chi connectivity index (χ2n) is 4.98. The van der Waals surface area contributed by atoms with Crippen molar-refractivity contribution < 1.29 is 9.84 Å². The molecule has 1 saturated carbocycles. The average molecular weight is 250 g/mol. The van der Waals surface area contributed by atoms with E-state index in [9.17, 15) is 5.11 Å². The molecule has 1 aliphatic carbocycles. The van der Waals surface area contributed by atoms with Gasteiger partial charge in [0.25, 0.3) is 0 Å². The first-order chi connectivity index (χ1) is 8.68. The van der Waals surface area contributed by atoms with Crippen LogP contribution in [0.2, 0.25) is 0 Å². The van der Waals surface area contributed by atoms with Crippen molar-refractivity contribution >= 4 is 0 Å². The van der Waals surface area contributed by atoms with Gasteiger partial charge in [0.2, 0.25) is 0 Å². The molecule has 1 aromatic rings. The summed E-state index contributed by atoms with van der Waals surface area (Å²) in [7, 11) is 1.62. The number of nitrogens with one attached hydrogen (secondary N) is 1. The lowest BCUT2D eigenvalue weighted by atomic mass is 9.78. The third-order valence-electron chi connectivity index (χ3n) is 3.79. The fraction of sp³-hybridized carbons (Fsp3) is 0.643. The summed E-state index contributed by atoms with van der Waals surface area (Å²) in [6.45, 7) is 3.11. The Bertz CT molecular complexity index is 387. The molecule has 1 aromatic heterocycles. The monoisotopic (exact) mass is 250 g/mol. The van der Waals surface area contributed by atoms with Gasteiger partial charge < -0.3 is 15.2 Å². The van der Waals surface area contributed by atoms with Crippen molar-refractivity contribution in [1.29, 1.82) is 0 Å². The number of rotatable bonds is 4. The number of hydrogen-bond donors (Lipinski definition) is 2. The van der Waals surface area contributed by atoms with Crippen molar-refractivity contribution in [2.75, 3.05) is 13.7 Å². The number of aliphatic hydroxyl groups is 1. The number of nitrogens with zero attached hydrogens (tertiary/aromatic N) is 1. The fourth-order valence-electron chi connectivity index (χ4n) is 2.66. The molecule has 0 aliphatic heterocycles. The van der Waals surface area contributed by atoms with Crippen LogP contribution in [0.4, 0.5) is 0 Å². The van der Waals surface area contributed by atoms with Gasteiger partial charge in [-0.2, -0.15) is 0 Å². The number of pyridine rings is 1. The van der Waals surface area contributed by atoms with Crippen molar-refractivity contribution in [3.63, 3.8) is 0 Å². The predicted octanol–water partition coefficient (Wildman–Crippen LogP) is 1.83. The molecule has 18 heavy (non-hydrogen) atoms. The van der Waals surface area contributed by atoms with Gasteiger partial charge in [0.15, 0.2) is 0 Å². The molecule has 0 radical (unpaired) electrons. The Hall–Kier alpha value is -1.13. The summed E-state index contributed by atoms with van der Waals surface area (Å²) >= 11 is 0. The second kappa shape index (κ2) is 5.67. The number of ether oxygens (including phenoxy) is 1. The fourth-order valence-corrected chi connectivity index (χ4v) is 2.66. The van der Waals surface area contributed by atoms with E-state index in [-0.39, 0.29) is 0 Å². The van der Waals surface area contributed by atoms with E-state index >= 15 is 0 Å². The van der Waals surface area contributed by atoms with E-state index in [4.69, 9.17) is 4.74 Å². The predicted molar refractivity (Wildman–Crippen MR) is 70.6 cm³/mol. The molecular formula is C14H22N2O2. The van der Waals surface area contributed by atoms with Gasteiger partial charge in [0.05, 0.1) is 18.9 Å². The lowest BCUT2D eigenvalue weighted by Crippen LogP contribution is -2.39. The summed E-state index contributed by atoms with van der Waals surface area (Å²) in [6, 6.07) is 2.43. The molecule has 0 amide bonds. The van der Waals surface area contributed by atoms with Crippen molar-refractivity contribution in [1.82, 2.24) is 10.3 Å². The van der Waals surface area contributed by atoms with E-state index in [1.807, 2.05) is 6.07 Å². The minimum atomic E-state index is -0.743. The Morgan fingerprint density at radius 3 is 2.78 bits per heavy atom. The highest BCUT2D eigenvalue weighted by Crippen LogP contribution is 2.37. The maximum Gasteiger partial charge on any atom is 0.137 e. The Kier molecular flexibility index (Phi) is 4.19. The van der Waals surface area contributed by atoms with E-state index in [1.165, 1.54) is 0 Å². The third kappa shape index (κ3) is 2.82. The van der Waals surface area contributed by atoms with E-state index in [2.05, 4.69) is 17.2 Å². The summed E-state index contributed by atoms with van der Waals surface area (Å²) in [5.74, 6) is 0.703. The van der Waals surface area contributed by atoms with Crippen molar-refractivity contribution in [3.8, 4) is 5.75 Å². The third-order valence-corrected chi connectivity index (χ3v) is 3.79. The lowest BCUT2D eigenvalue weighted by Gasteiger charge is -2.36. The Morgan fingerprint density at radius 2 is 2.17 bits per heavy atom. The van der Waals surface area contributed by atoms with E-state index < -0.39 is 5.60 Å². The molecule has 0 atom stereocenters. The Balaban J connectivity index is 2.08. The largest absolute Gasteiger partial charge is 0.495 e. The van der Waals surface area contributed by atoms with Crippen LogP contribution < -0.4 is 10.1 Å². The molecule has 2 rings (SSSR count). The average Bonchev–Trinajstić information content (AvgIpc) is 2.42. The van der Waals surface area contributed by atoms with Crippen LogP contribution in [-0.2, 0) is 5.60 Å². The first-order valence-electron chi connectivity index (χ1n) is 6.63. The summed E-state index contributed by atoms with van der Waals surface area (Å²) in [5.41, 5.74) is 0.129. The molecule has 0 spiro atoms. The number of aromatic nitrogens is 1. The van der Waals surface area contributed by atoms with E-state index in [0.29, 0.717) is 11.8 Å². The number of hydrogen-bond acceptors (Lipinski definition) is 4. The Morgan fingerprint density at radius 1 is 1.44 bits per heavy atom. The molecule has 1 aliphatic rings. The van der Waals surface area contributed by atoms with E-state index in [1.54, 1.807) is 19.5 Å². The van der Waals surface area contributed by atoms with Crippen LogP contribution in [0.1, 0.15) is 38.2 Å². The topological polar surface area (TPSA) is 54.4 Å². The van der Waals surface area contributed by atoms with Gasteiger partial charge in [0.1, 0.15) is 5.75 Å². The van der Waals surface area contributed by atoms with Crippen LogP contribution in [-0.4, -0.2) is 29.8 Å². The molecule has 1 fully saturated rings. The van der Waals surface area contributed by atoms with Crippen molar-refractivity contribution in [2.24, 2.45) is 0 Å². The van der Waals surface area contributed by atoms with Gasteiger partial charge in [0, 0.05) is 17.8 Å². The molecule has 0 unspecified atom stereocenters. The highest BCUT2D eigenvalue weighted by atomic mass is 16.5. The second-order valence-corrected chi connectivity index (χ2v) is 4.98. The van der Waals surface area contributed by atoms with Crippen LogP contribution in [0.25, 0.3) is 0 Å². The molecule has 1 heterocycles. The Labute approximate surface area is 108 Å². The highest BCUT2D eigenvalue weighted by molar-refractivity contribution is 5.28. The smallest absolute Gasteiger partial charge is 0.137 e. The van der Waals surface area contributed by atoms with Gasteiger partial charge in [-0.15, -0.1) is 0 Å². The minimum Gasteiger partial charge on any atom is -0.495 e. The van der Waals surface area contributed by atoms with Crippen LogP contribution >= 0.6 is 0 Å². The summed E-state index contributed by atoms with van der Waals surface area (Å²) in [4.78, 5) is 4.13. The number of methoxy groups -OCH3 is 1. The van der Waals surface area contributed by atoms with Crippen LogP contribution in [0.15, 0.2) is 18.5 Å². The molecule has 0 bridgehead atoms. The van der Waals surface area contributed by atoms with Crippen molar-refractivity contribution in [3.05, 3.63) is 24.0 Å². The van der Waals surface area contributed by atoms with Gasteiger partial charge in [-0.1, -0.05) is 6.92 Å². The molecule has 4 heteroatoms. The maximum absolute atomic E-state index is 10.7. The zero-order chi connectivity index (χ0) is 13.0. The zero-order valence-corrected chi connectivity index (χ0v) is 11.1. The highest BCUT2D eigenvalue weighted by Gasteiger charge is 2.35. The standard InChI is InChI=1S/C14H22N2O2/c1-3-16-12-4-6-14(17,7-5-12)11-8-13(18-2)10-15-9-11/h8-10,12,16-17H,3-7H2,1-2H3. The molecule has 0 saturated heterocycles. The van der Waals surface area contributed by atoms with Gasteiger partial charge in [-0.05, 0) is 38.3 Å². The SMILES string of the molecule is CCNC1CCC(O)(c2cncc(OC)c2)CC1. The molecule has 0 aromatic carbocycles. The molecular weight excluding hydrogens is 228 g/mol. The van der Waals surface area contributed by atoms with Crippen LogP contribution in [0, 0.1) is 0 Å². The van der Waals surface area contributed by atoms with Gasteiger partial charge in [-0.3, -0.25) is 4.98 Å². The lowest BCUT2D eigenvalue weighted by molar-refractivity contribution is -0.00860. The first-order valence-corrected chi connectivity index (χ1v) is 6.63. The summed E-state index contributed by atoms with van der Waals surface area (Å²) in [5, 5.41) is 14.2. The maximum atomic E-state index is 10.7. The first kappa shape index (κ1) is 13.3. The normalized spacial score (nSPS) is 28.1. The summed E-state index contributed by atoms with van der Waals surface area (Å²) in [6.07, 6.45) is 6.97. The van der Waals surface area contributed by atoms with Crippen LogP contribution in [0.5, 0.6) is 5.75 Å². The zero-order valence-electron chi connectivity index (χ0n) is 11.1. The summed E-state index contributed by atoms with van der Waals surface area (Å²) < 4.78 is 5.16. The minimum absolute atomic E-state index is 0.536. The van der Waals surface area contributed by atoms with Crippen molar-refractivity contribution in [2.45, 2.75) is 44.2 Å². The molecule has 4 nitrogen and oxygen atoms in total. The van der Waals surface area contributed by atoms with Crippen LogP contribution in [0.3, 0.4) is 0 Å². The van der Waals surface area contributed by atoms with E-state index in [0.717, 1.165) is 37.8 Å². The molecule has 2 N–H and O–H groups in total. The van der Waals surface area contributed by atoms with Gasteiger partial charge >= 0.3 is 0 Å². The quantitative estimate of drug-likeness (QED) is 0.856. The van der Waals surface area contributed by atoms with Gasteiger partial charge in [-0.25, -0.2) is 0 Å². The molecule has 100 valence electrons.